The Labute approximate surface area is 164 Å². The van der Waals surface area contributed by atoms with Crippen LogP contribution in [0.1, 0.15) is 48.2 Å². The molecule has 1 heterocycles. The van der Waals surface area contributed by atoms with Crippen LogP contribution in [-0.2, 0) is 0 Å². The number of amides is 1. The molecular weight excluding hydrogens is 332 g/mol. The van der Waals surface area contributed by atoms with E-state index in [9.17, 15) is 4.79 Å². The SMILES string of the molecule is Cc1ccc(N(C(=O)c2cccc(C)c2)C2CCN(CC(C)C)CC2)cc1. The van der Waals surface area contributed by atoms with Crippen LogP contribution in [0.25, 0.3) is 0 Å². The standard InChI is InChI=1S/C24H32N2O/c1-18(2)17-25-14-12-23(13-15-25)26(22-10-8-19(3)9-11-22)24(27)21-7-5-6-20(4)16-21/h5-11,16,18,23H,12-15,17H2,1-4H3. The first kappa shape index (κ1) is 19.6. The topological polar surface area (TPSA) is 23.6 Å². The molecule has 0 aromatic heterocycles. The van der Waals surface area contributed by atoms with Gasteiger partial charge in [0.25, 0.3) is 5.91 Å². The summed E-state index contributed by atoms with van der Waals surface area (Å²) in [6.45, 7) is 11.9. The molecule has 0 bridgehead atoms. The smallest absolute Gasteiger partial charge is 0.258 e. The van der Waals surface area contributed by atoms with E-state index >= 15 is 0 Å². The van der Waals surface area contributed by atoms with E-state index < -0.39 is 0 Å². The summed E-state index contributed by atoms with van der Waals surface area (Å²) in [5, 5.41) is 0. The Bertz CT molecular complexity index is 758. The highest BCUT2D eigenvalue weighted by Gasteiger charge is 2.30. The lowest BCUT2D eigenvalue weighted by Crippen LogP contribution is -2.48. The van der Waals surface area contributed by atoms with Gasteiger partial charge in [0.15, 0.2) is 0 Å². The van der Waals surface area contributed by atoms with Crippen LogP contribution in [0.5, 0.6) is 0 Å². The summed E-state index contributed by atoms with van der Waals surface area (Å²) in [5.74, 6) is 0.800. The summed E-state index contributed by atoms with van der Waals surface area (Å²) in [6, 6.07) is 16.6. The lowest BCUT2D eigenvalue weighted by atomic mass is 9.99. The van der Waals surface area contributed by atoms with Gasteiger partial charge in [-0.2, -0.15) is 0 Å². The molecule has 0 aliphatic carbocycles. The summed E-state index contributed by atoms with van der Waals surface area (Å²) in [5.41, 5.74) is 4.12. The van der Waals surface area contributed by atoms with Gasteiger partial charge in [-0.05, 0) is 56.9 Å². The maximum Gasteiger partial charge on any atom is 0.258 e. The second-order valence-electron chi connectivity index (χ2n) is 8.31. The minimum absolute atomic E-state index is 0.116. The highest BCUT2D eigenvalue weighted by molar-refractivity contribution is 6.06. The molecule has 0 atom stereocenters. The van der Waals surface area contributed by atoms with Crippen molar-refractivity contribution in [3.8, 4) is 0 Å². The van der Waals surface area contributed by atoms with Crippen molar-refractivity contribution >= 4 is 11.6 Å². The Kier molecular flexibility index (Phi) is 6.33. The quantitative estimate of drug-likeness (QED) is 0.739. The van der Waals surface area contributed by atoms with Crippen molar-refractivity contribution in [2.75, 3.05) is 24.5 Å². The molecule has 1 fully saturated rings. The van der Waals surface area contributed by atoms with Crippen LogP contribution in [0.2, 0.25) is 0 Å². The zero-order chi connectivity index (χ0) is 19.4. The van der Waals surface area contributed by atoms with Crippen LogP contribution in [0.4, 0.5) is 5.69 Å². The van der Waals surface area contributed by atoms with Gasteiger partial charge in [0, 0.05) is 36.9 Å². The summed E-state index contributed by atoms with van der Waals surface area (Å²) >= 11 is 0. The van der Waals surface area contributed by atoms with Crippen LogP contribution >= 0.6 is 0 Å². The predicted octanol–water partition coefficient (Wildman–Crippen LogP) is 5.07. The van der Waals surface area contributed by atoms with Crippen molar-refractivity contribution in [1.29, 1.82) is 0 Å². The molecule has 144 valence electrons. The molecular formula is C24H32N2O. The predicted molar refractivity (Wildman–Crippen MR) is 113 cm³/mol. The van der Waals surface area contributed by atoms with Crippen LogP contribution < -0.4 is 4.90 Å². The Morgan fingerprint density at radius 3 is 2.30 bits per heavy atom. The van der Waals surface area contributed by atoms with E-state index in [1.807, 2.05) is 36.1 Å². The zero-order valence-corrected chi connectivity index (χ0v) is 17.1. The number of hydrogen-bond acceptors (Lipinski definition) is 2. The molecule has 1 aliphatic heterocycles. The number of benzene rings is 2. The summed E-state index contributed by atoms with van der Waals surface area (Å²) in [4.78, 5) is 18.0. The molecule has 0 unspecified atom stereocenters. The van der Waals surface area contributed by atoms with Crippen molar-refractivity contribution in [3.05, 3.63) is 65.2 Å². The molecule has 0 radical (unpaired) electrons. The van der Waals surface area contributed by atoms with Gasteiger partial charge < -0.3 is 9.80 Å². The first-order chi connectivity index (χ1) is 12.9. The molecule has 2 aromatic rings. The maximum atomic E-state index is 13.5. The average molecular weight is 365 g/mol. The van der Waals surface area contributed by atoms with Gasteiger partial charge in [0.2, 0.25) is 0 Å². The Morgan fingerprint density at radius 2 is 1.70 bits per heavy atom. The van der Waals surface area contributed by atoms with E-state index in [4.69, 9.17) is 0 Å². The number of nitrogens with zero attached hydrogens (tertiary/aromatic N) is 2. The number of carbonyl (C=O) groups is 1. The fourth-order valence-corrected chi connectivity index (χ4v) is 3.99. The van der Waals surface area contributed by atoms with E-state index in [1.54, 1.807) is 0 Å². The molecule has 2 aromatic carbocycles. The van der Waals surface area contributed by atoms with Crippen LogP contribution in [0.15, 0.2) is 48.5 Å². The van der Waals surface area contributed by atoms with Gasteiger partial charge in [-0.25, -0.2) is 0 Å². The normalized spacial score (nSPS) is 15.9. The maximum absolute atomic E-state index is 13.5. The van der Waals surface area contributed by atoms with Crippen molar-refractivity contribution in [3.63, 3.8) is 0 Å². The van der Waals surface area contributed by atoms with Crippen LogP contribution in [0, 0.1) is 19.8 Å². The Hall–Kier alpha value is -2.13. The molecule has 1 saturated heterocycles. The van der Waals surface area contributed by atoms with E-state index in [0.29, 0.717) is 5.92 Å². The van der Waals surface area contributed by atoms with Crippen LogP contribution in [0.3, 0.4) is 0 Å². The Morgan fingerprint density at radius 1 is 1.04 bits per heavy atom. The van der Waals surface area contributed by atoms with Gasteiger partial charge in [0.1, 0.15) is 0 Å². The number of aryl methyl sites for hydroxylation is 2. The number of anilines is 1. The number of carbonyl (C=O) groups excluding carboxylic acids is 1. The van der Waals surface area contributed by atoms with Crippen molar-refractivity contribution in [2.24, 2.45) is 5.92 Å². The molecule has 27 heavy (non-hydrogen) atoms. The molecule has 1 aliphatic rings. The molecule has 3 heteroatoms. The van der Waals surface area contributed by atoms with Gasteiger partial charge in [-0.1, -0.05) is 49.2 Å². The monoisotopic (exact) mass is 364 g/mol. The fourth-order valence-electron chi connectivity index (χ4n) is 3.99. The lowest BCUT2D eigenvalue weighted by molar-refractivity contribution is 0.0957. The van der Waals surface area contributed by atoms with E-state index in [2.05, 4.69) is 49.9 Å². The number of piperidine rings is 1. The second-order valence-corrected chi connectivity index (χ2v) is 8.31. The van der Waals surface area contributed by atoms with Gasteiger partial charge >= 0.3 is 0 Å². The van der Waals surface area contributed by atoms with Gasteiger partial charge in [-0.3, -0.25) is 4.79 Å². The minimum atomic E-state index is 0.116. The second kappa shape index (κ2) is 8.71. The van der Waals surface area contributed by atoms with E-state index in [1.165, 1.54) is 5.56 Å². The molecule has 0 saturated carbocycles. The van der Waals surface area contributed by atoms with Gasteiger partial charge in [0.05, 0.1) is 0 Å². The Balaban J connectivity index is 1.85. The fraction of sp³-hybridized carbons (Fsp3) is 0.458. The van der Waals surface area contributed by atoms with Crippen molar-refractivity contribution < 1.29 is 4.79 Å². The number of likely N-dealkylation sites (tertiary alicyclic amines) is 1. The number of hydrogen-bond donors (Lipinski definition) is 0. The summed E-state index contributed by atoms with van der Waals surface area (Å²) in [7, 11) is 0. The van der Waals surface area contributed by atoms with E-state index in [-0.39, 0.29) is 11.9 Å². The minimum Gasteiger partial charge on any atom is -0.305 e. The lowest BCUT2D eigenvalue weighted by Gasteiger charge is -2.39. The molecule has 0 N–H and O–H groups in total. The first-order valence-electron chi connectivity index (χ1n) is 10.1. The van der Waals surface area contributed by atoms with Crippen LogP contribution in [-0.4, -0.2) is 36.5 Å². The van der Waals surface area contributed by atoms with E-state index in [0.717, 1.165) is 49.3 Å². The average Bonchev–Trinajstić information content (AvgIpc) is 2.64. The first-order valence-corrected chi connectivity index (χ1v) is 10.1. The highest BCUT2D eigenvalue weighted by Crippen LogP contribution is 2.27. The highest BCUT2D eigenvalue weighted by atomic mass is 16.2. The van der Waals surface area contributed by atoms with Crippen molar-refractivity contribution in [2.45, 2.75) is 46.6 Å². The van der Waals surface area contributed by atoms with Crippen molar-refractivity contribution in [1.82, 2.24) is 4.90 Å². The third kappa shape index (κ3) is 4.98. The molecule has 3 rings (SSSR count). The summed E-state index contributed by atoms with van der Waals surface area (Å²) < 4.78 is 0. The summed E-state index contributed by atoms with van der Waals surface area (Å²) in [6.07, 6.45) is 2.05. The van der Waals surface area contributed by atoms with Gasteiger partial charge in [-0.15, -0.1) is 0 Å². The largest absolute Gasteiger partial charge is 0.305 e. The third-order valence-corrected chi connectivity index (χ3v) is 5.34. The third-order valence-electron chi connectivity index (χ3n) is 5.34. The molecule has 3 nitrogen and oxygen atoms in total. The number of rotatable bonds is 5. The zero-order valence-electron chi connectivity index (χ0n) is 17.1. The molecule has 0 spiro atoms. The molecule has 1 amide bonds.